The van der Waals surface area contributed by atoms with Crippen molar-refractivity contribution >= 4 is 43.2 Å². The summed E-state index contributed by atoms with van der Waals surface area (Å²) < 4.78 is -1.02. The fourth-order valence-electron chi connectivity index (χ4n) is 0.602. The van der Waals surface area contributed by atoms with Crippen LogP contribution in [-0.2, 0) is 4.12 Å². The predicted molar refractivity (Wildman–Crippen MR) is 51.4 cm³/mol. The van der Waals surface area contributed by atoms with Crippen molar-refractivity contribution in [3.05, 3.63) is 29.0 Å². The molecule has 1 aromatic rings. The molecule has 11 heavy (non-hydrogen) atoms. The highest BCUT2D eigenvalue weighted by atomic mass is 79.9. The molecule has 0 aromatic carbocycles. The zero-order valence-corrected chi connectivity index (χ0v) is 7.93. The highest BCUT2D eigenvalue weighted by molar-refractivity contribution is 9.10. The van der Waals surface area contributed by atoms with Crippen LogP contribution in [0.4, 0.5) is 0 Å². The van der Waals surface area contributed by atoms with Crippen LogP contribution in [0.15, 0.2) is 18.3 Å². The summed E-state index contributed by atoms with van der Waals surface area (Å²) in [6, 6.07) is 3.34. The second-order valence-corrected chi connectivity index (χ2v) is 3.84. The average molecular weight is 226 g/mol. The molecule has 5 heteroatoms. The molecule has 1 aromatic heterocycles. The second kappa shape index (κ2) is 3.20. The Balaban J connectivity index is 2.99. The van der Waals surface area contributed by atoms with Gasteiger partial charge in [0.15, 0.2) is 0 Å². The van der Waals surface area contributed by atoms with Crippen molar-refractivity contribution in [1.29, 1.82) is 0 Å². The molecule has 1 nitrogen and oxygen atoms in total. The minimum Gasteiger partial charge on any atom is -0.244 e. The van der Waals surface area contributed by atoms with Crippen molar-refractivity contribution in [2.24, 2.45) is 0 Å². The first-order valence-corrected chi connectivity index (χ1v) is 4.06. The number of hydrogen-bond donors (Lipinski definition) is 0. The average Bonchev–Trinajstić information content (AvgIpc) is 1.86. The molecule has 0 spiro atoms. The molecule has 0 atom stereocenters. The van der Waals surface area contributed by atoms with Gasteiger partial charge in [-0.2, -0.15) is 0 Å². The van der Waals surface area contributed by atoms with E-state index in [1.165, 1.54) is 6.20 Å². The molecule has 0 aliphatic rings. The van der Waals surface area contributed by atoms with Crippen molar-refractivity contribution in [2.75, 3.05) is 0 Å². The van der Waals surface area contributed by atoms with Gasteiger partial charge in [0, 0.05) is 6.20 Å². The van der Waals surface area contributed by atoms with Crippen LogP contribution in [0.2, 0.25) is 5.15 Å². The molecule has 0 amide bonds. The summed E-state index contributed by atoms with van der Waals surface area (Å²) >= 11 is 8.64. The van der Waals surface area contributed by atoms with E-state index in [-0.39, 0.29) is 0 Å². The molecule has 52 valence electrons. The molecule has 0 bridgehead atoms. The third-order valence-corrected chi connectivity index (χ3v) is 1.85. The molecule has 0 unspecified atom stereocenters. The summed E-state index contributed by atoms with van der Waals surface area (Å²) in [5, 5.41) is 0.422. The highest BCUT2D eigenvalue weighted by Gasteiger charge is 2.14. The minimum atomic E-state index is -1.02. The molecule has 4 radical (unpaired) electrons. The SMILES string of the molecule is [B]C([B])(Br)c1ccc(Cl)nc1. The van der Waals surface area contributed by atoms with E-state index < -0.39 is 4.12 Å². The van der Waals surface area contributed by atoms with Crippen molar-refractivity contribution in [2.45, 2.75) is 4.12 Å². The normalized spacial score (nSPS) is 11.5. The van der Waals surface area contributed by atoms with Crippen LogP contribution in [0.3, 0.4) is 0 Å². The van der Waals surface area contributed by atoms with Gasteiger partial charge < -0.3 is 0 Å². The van der Waals surface area contributed by atoms with Crippen molar-refractivity contribution < 1.29 is 0 Å². The number of rotatable bonds is 1. The first-order chi connectivity index (χ1) is 5.00. The summed E-state index contributed by atoms with van der Waals surface area (Å²) in [5.74, 6) is 0. The lowest BCUT2D eigenvalue weighted by molar-refractivity contribution is 1.19. The molecule has 0 N–H and O–H groups in total. The van der Waals surface area contributed by atoms with Gasteiger partial charge >= 0.3 is 0 Å². The third-order valence-electron chi connectivity index (χ3n) is 1.17. The lowest BCUT2D eigenvalue weighted by atomic mass is 9.67. The maximum absolute atomic E-state index is 5.55. The van der Waals surface area contributed by atoms with Crippen molar-refractivity contribution in [3.8, 4) is 0 Å². The van der Waals surface area contributed by atoms with E-state index in [1.54, 1.807) is 12.1 Å². The quantitative estimate of drug-likeness (QED) is 0.402. The molecule has 0 saturated carbocycles. The summed E-state index contributed by atoms with van der Waals surface area (Å²) in [7, 11) is 11.0. The molecule has 0 aliphatic carbocycles. The standard InChI is InChI=1S/C6H3B2BrClN/c7-6(8,9)4-1-2-5(10)11-3-4/h1-3H. The van der Waals surface area contributed by atoms with E-state index in [2.05, 4.69) is 20.9 Å². The Kier molecular flexibility index (Phi) is 2.66. The Morgan fingerprint density at radius 2 is 2.09 bits per heavy atom. The van der Waals surface area contributed by atoms with Crippen LogP contribution in [0, 0.1) is 0 Å². The molecule has 0 fully saturated rings. The van der Waals surface area contributed by atoms with E-state index in [4.69, 9.17) is 27.3 Å². The molecular weight excluding hydrogens is 223 g/mol. The summed E-state index contributed by atoms with van der Waals surface area (Å²) in [6.45, 7) is 0. The van der Waals surface area contributed by atoms with Crippen molar-refractivity contribution in [3.63, 3.8) is 0 Å². The molecular formula is C6H3B2BrClN. The lowest BCUT2D eigenvalue weighted by Gasteiger charge is -2.16. The van der Waals surface area contributed by atoms with Crippen LogP contribution >= 0.6 is 27.5 Å². The van der Waals surface area contributed by atoms with Crippen LogP contribution in [-0.4, -0.2) is 20.7 Å². The monoisotopic (exact) mass is 225 g/mol. The second-order valence-electron chi connectivity index (χ2n) is 2.14. The number of halogens is 2. The fourth-order valence-corrected chi connectivity index (χ4v) is 0.949. The van der Waals surface area contributed by atoms with Crippen LogP contribution in [0.25, 0.3) is 0 Å². The van der Waals surface area contributed by atoms with Gasteiger partial charge in [-0.1, -0.05) is 17.7 Å². The van der Waals surface area contributed by atoms with Crippen LogP contribution < -0.4 is 0 Å². The number of alkyl halides is 1. The topological polar surface area (TPSA) is 12.9 Å². The predicted octanol–water partition coefficient (Wildman–Crippen LogP) is 1.58. The van der Waals surface area contributed by atoms with Gasteiger partial charge in [0.1, 0.15) is 5.15 Å². The van der Waals surface area contributed by atoms with Gasteiger partial charge in [0.25, 0.3) is 0 Å². The lowest BCUT2D eigenvalue weighted by Crippen LogP contribution is -2.17. The van der Waals surface area contributed by atoms with Crippen molar-refractivity contribution in [1.82, 2.24) is 4.98 Å². The Morgan fingerprint density at radius 1 is 1.45 bits per heavy atom. The summed E-state index contributed by atoms with van der Waals surface area (Å²) in [5.41, 5.74) is 0.682. The number of pyridine rings is 1. The Hall–Kier alpha value is 0.0499. The van der Waals surface area contributed by atoms with Gasteiger partial charge in [-0.3, -0.25) is 0 Å². The Bertz CT molecular complexity index is 244. The number of nitrogens with zero attached hydrogens (tertiary/aromatic N) is 1. The van der Waals surface area contributed by atoms with E-state index in [1.807, 2.05) is 0 Å². The molecule has 0 saturated heterocycles. The molecule has 1 heterocycles. The zero-order valence-electron chi connectivity index (χ0n) is 5.59. The van der Waals surface area contributed by atoms with Gasteiger partial charge in [-0.05, 0) is 15.8 Å². The Morgan fingerprint density at radius 3 is 2.45 bits per heavy atom. The van der Waals surface area contributed by atoms with E-state index in [0.717, 1.165) is 0 Å². The minimum absolute atomic E-state index is 0.422. The summed E-state index contributed by atoms with van der Waals surface area (Å²) in [4.78, 5) is 3.82. The first kappa shape index (κ1) is 9.14. The fraction of sp³-hybridized carbons (Fsp3) is 0.167. The van der Waals surface area contributed by atoms with Gasteiger partial charge in [-0.25, -0.2) is 4.98 Å². The number of hydrogen-bond acceptors (Lipinski definition) is 1. The zero-order chi connectivity index (χ0) is 8.48. The largest absolute Gasteiger partial charge is 0.244 e. The maximum atomic E-state index is 5.55. The smallest absolute Gasteiger partial charge is 0.129 e. The molecule has 0 aliphatic heterocycles. The van der Waals surface area contributed by atoms with E-state index >= 15 is 0 Å². The maximum Gasteiger partial charge on any atom is 0.129 e. The van der Waals surface area contributed by atoms with Gasteiger partial charge in [0.2, 0.25) is 0 Å². The first-order valence-electron chi connectivity index (χ1n) is 2.89. The van der Waals surface area contributed by atoms with Crippen LogP contribution in [0.1, 0.15) is 5.56 Å². The van der Waals surface area contributed by atoms with Gasteiger partial charge in [-0.15, -0.1) is 15.9 Å². The molecule has 1 rings (SSSR count). The van der Waals surface area contributed by atoms with E-state index in [9.17, 15) is 0 Å². The van der Waals surface area contributed by atoms with Gasteiger partial charge in [0.05, 0.1) is 15.7 Å². The Labute approximate surface area is 81.5 Å². The third kappa shape index (κ3) is 2.53. The number of aromatic nitrogens is 1. The summed E-state index contributed by atoms with van der Waals surface area (Å²) in [6.07, 6.45) is 1.52. The van der Waals surface area contributed by atoms with E-state index in [0.29, 0.717) is 10.7 Å². The van der Waals surface area contributed by atoms with Crippen LogP contribution in [0.5, 0.6) is 0 Å². The highest BCUT2D eigenvalue weighted by Crippen LogP contribution is 2.23.